The van der Waals surface area contributed by atoms with Crippen LogP contribution >= 0.6 is 0 Å². The van der Waals surface area contributed by atoms with Gasteiger partial charge in [0.2, 0.25) is 0 Å². The van der Waals surface area contributed by atoms with Gasteiger partial charge in [-0.05, 0) is 18.2 Å². The zero-order valence-corrected chi connectivity index (χ0v) is 7.88. The lowest BCUT2D eigenvalue weighted by atomic mass is 10.2. The van der Waals surface area contributed by atoms with E-state index in [-0.39, 0.29) is 23.4 Å². The van der Waals surface area contributed by atoms with Crippen molar-refractivity contribution in [3.8, 4) is 5.75 Å². The maximum absolute atomic E-state index is 9.39. The van der Waals surface area contributed by atoms with Gasteiger partial charge in [0.05, 0.1) is 5.69 Å². The van der Waals surface area contributed by atoms with Gasteiger partial charge in [-0.2, -0.15) is 0 Å². The Hall–Kier alpha value is -2.44. The molecule has 0 aliphatic rings. The van der Waals surface area contributed by atoms with Crippen LogP contribution in [0, 0.1) is 0 Å². The van der Waals surface area contributed by atoms with Crippen molar-refractivity contribution < 1.29 is 5.11 Å². The van der Waals surface area contributed by atoms with Crippen LogP contribution in [0.5, 0.6) is 5.75 Å². The van der Waals surface area contributed by atoms with Crippen LogP contribution in [-0.4, -0.2) is 17.0 Å². The van der Waals surface area contributed by atoms with Crippen LogP contribution < -0.4 is 22.9 Å². The molecule has 0 amide bonds. The number of nitrogens with two attached hydrogens (primary N) is 4. The molecule has 9 N–H and O–H groups in total. The Morgan fingerprint density at radius 2 is 1.60 bits per heavy atom. The van der Waals surface area contributed by atoms with E-state index in [2.05, 4.69) is 9.98 Å². The molecule has 7 heteroatoms. The molecular formula is C8H12N6O. The minimum atomic E-state index is -0.160. The van der Waals surface area contributed by atoms with Crippen LogP contribution in [0.2, 0.25) is 0 Å². The zero-order valence-electron chi connectivity index (χ0n) is 7.88. The molecule has 1 aromatic rings. The van der Waals surface area contributed by atoms with Gasteiger partial charge in [-0.1, -0.05) is 0 Å². The Kier molecular flexibility index (Phi) is 2.97. The second-order valence-electron chi connectivity index (χ2n) is 2.75. The van der Waals surface area contributed by atoms with E-state index in [0.29, 0.717) is 5.69 Å². The summed E-state index contributed by atoms with van der Waals surface area (Å²) in [7, 11) is 0. The molecule has 0 bridgehead atoms. The standard InChI is InChI=1S/C8H12N6O/c9-7(10)13-4-1-2-6(15)5(3-4)14-8(11)12/h1-3,15H,(H4,9,10,13)(H4,11,12,14). The molecule has 15 heavy (non-hydrogen) atoms. The van der Waals surface area contributed by atoms with E-state index in [1.54, 1.807) is 0 Å². The average molecular weight is 208 g/mol. The predicted molar refractivity (Wildman–Crippen MR) is 59.0 cm³/mol. The molecular weight excluding hydrogens is 196 g/mol. The number of benzene rings is 1. The first-order valence-corrected chi connectivity index (χ1v) is 4.01. The molecule has 0 saturated carbocycles. The first-order chi connectivity index (χ1) is 6.99. The van der Waals surface area contributed by atoms with Crippen LogP contribution in [0.3, 0.4) is 0 Å². The number of aliphatic imine (C=N–C) groups is 2. The predicted octanol–water partition coefficient (Wildman–Crippen LogP) is -0.798. The molecule has 0 unspecified atom stereocenters. The molecule has 0 fully saturated rings. The fourth-order valence-electron chi connectivity index (χ4n) is 0.959. The number of nitrogens with zero attached hydrogens (tertiary/aromatic N) is 2. The number of hydrogen-bond acceptors (Lipinski definition) is 3. The largest absolute Gasteiger partial charge is 0.506 e. The van der Waals surface area contributed by atoms with Gasteiger partial charge in [0.1, 0.15) is 11.4 Å². The fraction of sp³-hybridized carbons (Fsp3) is 0. The summed E-state index contributed by atoms with van der Waals surface area (Å²) in [6.45, 7) is 0. The summed E-state index contributed by atoms with van der Waals surface area (Å²) in [6, 6.07) is 4.37. The highest BCUT2D eigenvalue weighted by Gasteiger charge is 2.01. The summed E-state index contributed by atoms with van der Waals surface area (Å²) in [5.41, 5.74) is 21.4. The zero-order chi connectivity index (χ0) is 11.4. The van der Waals surface area contributed by atoms with Crippen molar-refractivity contribution in [2.24, 2.45) is 32.9 Å². The summed E-state index contributed by atoms with van der Waals surface area (Å²) < 4.78 is 0. The van der Waals surface area contributed by atoms with E-state index in [1.165, 1.54) is 18.2 Å². The second-order valence-corrected chi connectivity index (χ2v) is 2.75. The van der Waals surface area contributed by atoms with Gasteiger partial charge in [-0.25, -0.2) is 9.98 Å². The Morgan fingerprint density at radius 3 is 2.13 bits per heavy atom. The summed E-state index contributed by atoms with van der Waals surface area (Å²) in [5, 5.41) is 9.39. The van der Waals surface area contributed by atoms with E-state index in [1.807, 2.05) is 0 Å². The van der Waals surface area contributed by atoms with Crippen molar-refractivity contribution in [1.82, 2.24) is 0 Å². The molecule has 0 heterocycles. The third-order valence-electron chi connectivity index (χ3n) is 1.47. The van der Waals surface area contributed by atoms with Crippen molar-refractivity contribution in [3.63, 3.8) is 0 Å². The van der Waals surface area contributed by atoms with Crippen LogP contribution in [0.1, 0.15) is 0 Å². The lowest BCUT2D eigenvalue weighted by molar-refractivity contribution is 0.477. The normalized spacial score (nSPS) is 9.33. The van der Waals surface area contributed by atoms with E-state index < -0.39 is 0 Å². The lowest BCUT2D eigenvalue weighted by Gasteiger charge is -2.01. The van der Waals surface area contributed by atoms with E-state index in [0.717, 1.165) is 0 Å². The number of guanidine groups is 2. The summed E-state index contributed by atoms with van der Waals surface area (Å²) in [5.74, 6) is -0.304. The van der Waals surface area contributed by atoms with E-state index in [4.69, 9.17) is 22.9 Å². The molecule has 1 rings (SSSR count). The van der Waals surface area contributed by atoms with Crippen molar-refractivity contribution in [2.45, 2.75) is 0 Å². The van der Waals surface area contributed by atoms with Gasteiger partial charge in [0.25, 0.3) is 0 Å². The minimum Gasteiger partial charge on any atom is -0.506 e. The van der Waals surface area contributed by atoms with Crippen molar-refractivity contribution in [1.29, 1.82) is 0 Å². The van der Waals surface area contributed by atoms with Crippen LogP contribution in [-0.2, 0) is 0 Å². The molecule has 0 aromatic heterocycles. The Morgan fingerprint density at radius 1 is 1.00 bits per heavy atom. The molecule has 0 aliphatic carbocycles. The van der Waals surface area contributed by atoms with Gasteiger partial charge in [-0.3, -0.25) is 0 Å². The first kappa shape index (κ1) is 10.6. The van der Waals surface area contributed by atoms with E-state index in [9.17, 15) is 5.11 Å². The van der Waals surface area contributed by atoms with E-state index >= 15 is 0 Å². The molecule has 0 saturated heterocycles. The second kappa shape index (κ2) is 4.18. The SMILES string of the molecule is NC(N)=Nc1ccc(O)c(N=C(N)N)c1. The topological polar surface area (TPSA) is 149 Å². The monoisotopic (exact) mass is 208 g/mol. The van der Waals surface area contributed by atoms with Gasteiger partial charge in [-0.15, -0.1) is 0 Å². The molecule has 1 aromatic carbocycles. The number of hydrogen-bond donors (Lipinski definition) is 5. The molecule has 0 radical (unpaired) electrons. The maximum Gasteiger partial charge on any atom is 0.191 e. The van der Waals surface area contributed by atoms with Crippen LogP contribution in [0.15, 0.2) is 28.2 Å². The number of aromatic hydroxyl groups is 1. The van der Waals surface area contributed by atoms with Crippen LogP contribution in [0.25, 0.3) is 0 Å². The number of rotatable bonds is 2. The fourth-order valence-corrected chi connectivity index (χ4v) is 0.959. The molecule has 0 atom stereocenters. The van der Waals surface area contributed by atoms with Gasteiger partial charge >= 0.3 is 0 Å². The quantitative estimate of drug-likeness (QED) is 0.318. The van der Waals surface area contributed by atoms with Crippen molar-refractivity contribution >= 4 is 23.3 Å². The van der Waals surface area contributed by atoms with Gasteiger partial charge < -0.3 is 28.0 Å². The first-order valence-electron chi connectivity index (χ1n) is 4.01. The number of phenolic OH excluding ortho intramolecular Hbond substituents is 1. The van der Waals surface area contributed by atoms with Gasteiger partial charge in [0, 0.05) is 0 Å². The minimum absolute atomic E-state index is 0.0575. The molecule has 80 valence electrons. The van der Waals surface area contributed by atoms with Gasteiger partial charge in [0.15, 0.2) is 11.9 Å². The average Bonchev–Trinajstić information content (AvgIpc) is 2.09. The summed E-state index contributed by atoms with van der Waals surface area (Å²) in [6.07, 6.45) is 0. The Labute approximate surface area is 86.1 Å². The third kappa shape index (κ3) is 3.07. The van der Waals surface area contributed by atoms with Crippen LogP contribution in [0.4, 0.5) is 11.4 Å². The molecule has 0 spiro atoms. The summed E-state index contributed by atoms with van der Waals surface area (Å²) >= 11 is 0. The lowest BCUT2D eigenvalue weighted by Crippen LogP contribution is -2.22. The molecule has 0 aliphatic heterocycles. The number of phenols is 1. The Balaban J connectivity index is 3.17. The summed E-state index contributed by atoms with van der Waals surface area (Å²) in [4.78, 5) is 7.48. The molecule has 7 nitrogen and oxygen atoms in total. The highest BCUT2D eigenvalue weighted by Crippen LogP contribution is 2.30. The highest BCUT2D eigenvalue weighted by molar-refractivity contribution is 5.82. The van der Waals surface area contributed by atoms with Crippen molar-refractivity contribution in [3.05, 3.63) is 18.2 Å². The van der Waals surface area contributed by atoms with Crippen molar-refractivity contribution in [2.75, 3.05) is 0 Å². The Bertz CT molecular complexity index is 417. The maximum atomic E-state index is 9.39. The highest BCUT2D eigenvalue weighted by atomic mass is 16.3. The smallest absolute Gasteiger partial charge is 0.191 e. The third-order valence-corrected chi connectivity index (χ3v) is 1.47.